The van der Waals surface area contributed by atoms with Crippen LogP contribution in [0.4, 0.5) is 5.69 Å². The normalized spacial score (nSPS) is 18.9. The van der Waals surface area contributed by atoms with Crippen molar-refractivity contribution in [1.82, 2.24) is 0 Å². The summed E-state index contributed by atoms with van der Waals surface area (Å²) < 4.78 is 5.03. The van der Waals surface area contributed by atoms with Crippen LogP contribution in [0.1, 0.15) is 0 Å². The van der Waals surface area contributed by atoms with Crippen molar-refractivity contribution in [3.05, 3.63) is 24.3 Å². The van der Waals surface area contributed by atoms with Gasteiger partial charge in [0, 0.05) is 0 Å². The molecule has 1 aliphatic rings. The Morgan fingerprint density at radius 2 is 2.23 bits per heavy atom. The lowest BCUT2D eigenvalue weighted by molar-refractivity contribution is -0.145. The molecule has 5 nitrogen and oxygen atoms in total. The topological polar surface area (TPSA) is 71.2 Å². The van der Waals surface area contributed by atoms with Crippen molar-refractivity contribution in [1.29, 1.82) is 0 Å². The number of benzene rings is 1. The molecular formula is C8H6N2O3. The maximum atomic E-state index is 10.5. The third-order valence-electron chi connectivity index (χ3n) is 1.59. The van der Waals surface area contributed by atoms with Gasteiger partial charge in [0.05, 0.1) is 0 Å². The predicted molar refractivity (Wildman–Crippen MR) is 43.0 cm³/mol. The lowest BCUT2D eigenvalue weighted by Gasteiger charge is -2.15. The highest BCUT2D eigenvalue weighted by atomic mass is 16.5. The van der Waals surface area contributed by atoms with E-state index >= 15 is 0 Å². The number of carboxylic acids is 1. The average Bonchev–Trinajstić information content (AvgIpc) is 2.17. The highest BCUT2D eigenvalue weighted by molar-refractivity contribution is 5.73. The van der Waals surface area contributed by atoms with E-state index in [1.807, 2.05) is 0 Å². The van der Waals surface area contributed by atoms with E-state index in [1.165, 1.54) is 0 Å². The molecule has 0 aromatic heterocycles. The standard InChI is InChI=1S/C8H6N2O3/c11-8(12)7-10-9-5-3-1-2-4-6(5)13-7/h1-4,7H,(H,11,12). The Morgan fingerprint density at radius 3 is 3.00 bits per heavy atom. The van der Waals surface area contributed by atoms with Gasteiger partial charge in [0.2, 0.25) is 0 Å². The molecule has 0 spiro atoms. The molecule has 1 aromatic carbocycles. The molecule has 0 radical (unpaired) electrons. The van der Waals surface area contributed by atoms with Gasteiger partial charge in [-0.2, -0.15) is 0 Å². The first kappa shape index (κ1) is 7.72. The third-order valence-corrected chi connectivity index (χ3v) is 1.59. The van der Waals surface area contributed by atoms with Crippen LogP contribution in [0, 0.1) is 0 Å². The molecule has 66 valence electrons. The van der Waals surface area contributed by atoms with Crippen LogP contribution >= 0.6 is 0 Å². The fourth-order valence-corrected chi connectivity index (χ4v) is 0.998. The summed E-state index contributed by atoms with van der Waals surface area (Å²) in [5.74, 6) is -0.692. The Morgan fingerprint density at radius 1 is 1.46 bits per heavy atom. The number of hydrogen-bond donors (Lipinski definition) is 1. The van der Waals surface area contributed by atoms with Gasteiger partial charge in [0.15, 0.2) is 5.75 Å². The van der Waals surface area contributed by atoms with Gasteiger partial charge in [-0.3, -0.25) is 0 Å². The number of fused-ring (bicyclic) bond motifs is 1. The summed E-state index contributed by atoms with van der Waals surface area (Å²) in [5.41, 5.74) is 0.556. The summed E-state index contributed by atoms with van der Waals surface area (Å²) in [6.45, 7) is 0. The molecule has 0 fully saturated rings. The van der Waals surface area contributed by atoms with Crippen LogP contribution in [-0.2, 0) is 4.79 Å². The molecule has 0 amide bonds. The van der Waals surface area contributed by atoms with Crippen LogP contribution < -0.4 is 4.74 Å². The van der Waals surface area contributed by atoms with E-state index in [4.69, 9.17) is 9.84 Å². The second-order valence-corrected chi connectivity index (χ2v) is 2.49. The van der Waals surface area contributed by atoms with Gasteiger partial charge in [0.1, 0.15) is 5.69 Å². The summed E-state index contributed by atoms with van der Waals surface area (Å²) in [5, 5.41) is 15.8. The molecule has 0 aliphatic carbocycles. The summed E-state index contributed by atoms with van der Waals surface area (Å²) in [6.07, 6.45) is -1.21. The van der Waals surface area contributed by atoms with Crippen molar-refractivity contribution in [3.8, 4) is 5.75 Å². The molecule has 0 saturated carbocycles. The maximum absolute atomic E-state index is 10.5. The number of hydrogen-bond acceptors (Lipinski definition) is 4. The Kier molecular flexibility index (Phi) is 1.70. The van der Waals surface area contributed by atoms with Crippen molar-refractivity contribution in [3.63, 3.8) is 0 Å². The molecular weight excluding hydrogens is 172 g/mol. The van der Waals surface area contributed by atoms with Gasteiger partial charge in [-0.05, 0) is 12.1 Å². The molecule has 1 aromatic rings. The second kappa shape index (κ2) is 2.85. The molecule has 0 bridgehead atoms. The van der Waals surface area contributed by atoms with Crippen LogP contribution in [0.15, 0.2) is 34.5 Å². The lowest BCUT2D eigenvalue weighted by atomic mass is 10.3. The van der Waals surface area contributed by atoms with Crippen molar-refractivity contribution in [2.45, 2.75) is 6.23 Å². The Bertz CT molecular complexity index is 375. The van der Waals surface area contributed by atoms with Crippen LogP contribution in [0.5, 0.6) is 5.75 Å². The van der Waals surface area contributed by atoms with Crippen molar-refractivity contribution < 1.29 is 14.6 Å². The Labute approximate surface area is 73.7 Å². The SMILES string of the molecule is O=C(O)C1N=Nc2ccccc2O1. The summed E-state index contributed by atoms with van der Waals surface area (Å²) in [6, 6.07) is 6.89. The highest BCUT2D eigenvalue weighted by Gasteiger charge is 2.23. The fourth-order valence-electron chi connectivity index (χ4n) is 0.998. The quantitative estimate of drug-likeness (QED) is 0.709. The zero-order valence-corrected chi connectivity index (χ0v) is 6.54. The molecule has 5 heteroatoms. The average molecular weight is 178 g/mol. The number of nitrogens with zero attached hydrogens (tertiary/aromatic N) is 2. The number of carboxylic acid groups (broad SMARTS) is 1. The van der Waals surface area contributed by atoms with E-state index in [9.17, 15) is 4.79 Å². The summed E-state index contributed by atoms with van der Waals surface area (Å²) >= 11 is 0. The van der Waals surface area contributed by atoms with Gasteiger partial charge in [0.25, 0.3) is 0 Å². The van der Waals surface area contributed by atoms with Crippen molar-refractivity contribution in [2.75, 3.05) is 0 Å². The minimum Gasteiger partial charge on any atom is -0.477 e. The van der Waals surface area contributed by atoms with Crippen molar-refractivity contribution in [2.24, 2.45) is 10.2 Å². The lowest BCUT2D eigenvalue weighted by Crippen LogP contribution is -2.25. The zero-order chi connectivity index (χ0) is 9.26. The van der Waals surface area contributed by atoms with Crippen molar-refractivity contribution >= 4 is 11.7 Å². The molecule has 1 heterocycles. The second-order valence-electron chi connectivity index (χ2n) is 2.49. The van der Waals surface area contributed by atoms with Crippen LogP contribution in [0.2, 0.25) is 0 Å². The van der Waals surface area contributed by atoms with Gasteiger partial charge >= 0.3 is 12.2 Å². The number of para-hydroxylation sites is 1. The van der Waals surface area contributed by atoms with E-state index in [1.54, 1.807) is 24.3 Å². The minimum absolute atomic E-state index is 0.449. The third kappa shape index (κ3) is 1.35. The van der Waals surface area contributed by atoms with Crippen LogP contribution in [-0.4, -0.2) is 17.3 Å². The van der Waals surface area contributed by atoms with Gasteiger partial charge in [-0.15, -0.1) is 10.2 Å². The molecule has 13 heavy (non-hydrogen) atoms. The number of rotatable bonds is 1. The van der Waals surface area contributed by atoms with Crippen LogP contribution in [0.3, 0.4) is 0 Å². The molecule has 1 N–H and O–H groups in total. The molecule has 1 unspecified atom stereocenters. The van der Waals surface area contributed by atoms with E-state index in [2.05, 4.69) is 10.2 Å². The molecule has 0 saturated heterocycles. The van der Waals surface area contributed by atoms with E-state index in [0.29, 0.717) is 11.4 Å². The smallest absolute Gasteiger partial charge is 0.370 e. The predicted octanol–water partition coefficient (Wildman–Crippen LogP) is 1.57. The number of aliphatic carboxylic acids is 1. The Hall–Kier alpha value is -1.91. The van der Waals surface area contributed by atoms with Gasteiger partial charge in [-0.1, -0.05) is 12.1 Å². The number of ether oxygens (including phenoxy) is 1. The van der Waals surface area contributed by atoms with E-state index in [-0.39, 0.29) is 0 Å². The summed E-state index contributed by atoms with van der Waals surface area (Å²) in [7, 11) is 0. The minimum atomic E-state index is -1.21. The molecule has 2 rings (SSSR count). The fraction of sp³-hybridized carbons (Fsp3) is 0.125. The first-order valence-corrected chi connectivity index (χ1v) is 3.67. The largest absolute Gasteiger partial charge is 0.477 e. The molecule has 1 atom stereocenters. The maximum Gasteiger partial charge on any atom is 0.370 e. The number of carbonyl (C=O) groups is 1. The molecule has 1 aliphatic heterocycles. The van der Waals surface area contributed by atoms with Gasteiger partial charge in [-0.25, -0.2) is 4.79 Å². The van der Waals surface area contributed by atoms with Gasteiger partial charge < -0.3 is 9.84 Å². The first-order valence-electron chi connectivity index (χ1n) is 3.67. The monoisotopic (exact) mass is 178 g/mol. The van der Waals surface area contributed by atoms with Crippen LogP contribution in [0.25, 0.3) is 0 Å². The summed E-state index contributed by atoms with van der Waals surface area (Å²) in [4.78, 5) is 10.5. The zero-order valence-electron chi connectivity index (χ0n) is 6.54. The van der Waals surface area contributed by atoms with E-state index in [0.717, 1.165) is 0 Å². The Balaban J connectivity index is 2.34. The van der Waals surface area contributed by atoms with E-state index < -0.39 is 12.2 Å². The number of azo groups is 1. The first-order chi connectivity index (χ1) is 6.27. The highest BCUT2D eigenvalue weighted by Crippen LogP contribution is 2.31.